The molecular formula is C27H35N7. The van der Waals surface area contributed by atoms with Crippen molar-refractivity contribution in [1.82, 2.24) is 15.0 Å². The Morgan fingerprint density at radius 3 is 1.53 bits per heavy atom. The lowest BCUT2D eigenvalue weighted by molar-refractivity contribution is 0.983. The van der Waals surface area contributed by atoms with E-state index in [1.54, 1.807) is 0 Å². The third-order valence-electron chi connectivity index (χ3n) is 4.37. The number of hydrogen-bond acceptors (Lipinski definition) is 7. The Labute approximate surface area is 202 Å². The summed E-state index contributed by atoms with van der Waals surface area (Å²) in [5.41, 5.74) is 9.64. The third-order valence-corrected chi connectivity index (χ3v) is 4.37. The van der Waals surface area contributed by atoms with Crippen molar-refractivity contribution in [3.8, 4) is 0 Å². The van der Waals surface area contributed by atoms with Crippen LogP contribution in [0.15, 0.2) is 84.9 Å². The maximum atomic E-state index is 5.88. The molecule has 4 aromatic rings. The minimum absolute atomic E-state index is 0.432. The number of nitrogen functional groups attached to an aromatic ring is 1. The minimum Gasteiger partial charge on any atom is -0.399 e. The van der Waals surface area contributed by atoms with E-state index in [-0.39, 0.29) is 0 Å². The summed E-state index contributed by atoms with van der Waals surface area (Å²) in [5.74, 6) is 1.40. The number of hydrogen-bond donors (Lipinski definition) is 4. The van der Waals surface area contributed by atoms with Crippen LogP contribution in [0.1, 0.15) is 38.8 Å². The molecule has 4 rings (SSSR count). The number of benzene rings is 3. The summed E-state index contributed by atoms with van der Waals surface area (Å²) in [6, 6.07) is 27.7. The molecule has 0 saturated heterocycles. The lowest BCUT2D eigenvalue weighted by atomic mass is 10.2. The lowest BCUT2D eigenvalue weighted by Crippen LogP contribution is -2.11. The molecule has 0 amide bonds. The molecule has 0 atom stereocenters. The molecule has 0 bridgehead atoms. The van der Waals surface area contributed by atoms with Crippen molar-refractivity contribution in [3.63, 3.8) is 0 Å². The van der Waals surface area contributed by atoms with Gasteiger partial charge in [-0.15, -0.1) is 0 Å². The van der Waals surface area contributed by atoms with Crippen molar-refractivity contribution in [2.75, 3.05) is 21.7 Å². The molecule has 3 aromatic carbocycles. The first-order chi connectivity index (χ1) is 16.7. The van der Waals surface area contributed by atoms with Gasteiger partial charge in [0.05, 0.1) is 0 Å². The van der Waals surface area contributed by atoms with E-state index in [9.17, 15) is 0 Å². The highest BCUT2D eigenvalue weighted by atomic mass is 15.3. The number of rotatable bonds is 8. The second-order valence-electron chi connectivity index (χ2n) is 6.73. The van der Waals surface area contributed by atoms with Gasteiger partial charge in [-0.2, -0.15) is 15.0 Å². The third kappa shape index (κ3) is 8.78. The van der Waals surface area contributed by atoms with Crippen LogP contribution in [0.3, 0.4) is 0 Å². The molecule has 0 aliphatic carbocycles. The Kier molecular flexibility index (Phi) is 11.4. The molecule has 0 fully saturated rings. The van der Waals surface area contributed by atoms with Crippen molar-refractivity contribution in [1.29, 1.82) is 0 Å². The SMILES string of the molecule is CC.CC.Nc1cccc(Nc2nc(NCc3ccccc3)nc(NCc3ccccc3)n2)c1. The van der Waals surface area contributed by atoms with E-state index >= 15 is 0 Å². The van der Waals surface area contributed by atoms with Gasteiger partial charge in [-0.05, 0) is 29.3 Å². The van der Waals surface area contributed by atoms with Crippen molar-refractivity contribution in [2.45, 2.75) is 40.8 Å². The number of anilines is 5. The fraction of sp³-hybridized carbons (Fsp3) is 0.222. The van der Waals surface area contributed by atoms with Crippen molar-refractivity contribution in [3.05, 3.63) is 96.1 Å². The topological polar surface area (TPSA) is 101 Å². The number of aromatic nitrogens is 3. The zero-order valence-corrected chi connectivity index (χ0v) is 20.4. The molecule has 0 aliphatic rings. The smallest absolute Gasteiger partial charge is 0.233 e. The molecule has 0 radical (unpaired) electrons. The Balaban J connectivity index is 0.000000970. The van der Waals surface area contributed by atoms with Crippen molar-refractivity contribution < 1.29 is 0 Å². The Hall–Kier alpha value is -4.13. The molecular weight excluding hydrogens is 422 g/mol. The van der Waals surface area contributed by atoms with Gasteiger partial charge in [0, 0.05) is 24.5 Å². The quantitative estimate of drug-likeness (QED) is 0.225. The summed E-state index contributed by atoms with van der Waals surface area (Å²) in [6.07, 6.45) is 0. The number of nitrogens with two attached hydrogens (primary N) is 1. The van der Waals surface area contributed by atoms with E-state index in [1.165, 1.54) is 0 Å². The predicted octanol–water partition coefficient (Wildman–Crippen LogP) is 6.47. The van der Waals surface area contributed by atoms with E-state index in [4.69, 9.17) is 5.73 Å². The molecule has 7 heteroatoms. The Morgan fingerprint density at radius 2 is 1.06 bits per heavy atom. The van der Waals surface area contributed by atoms with Crippen LogP contribution in [0.5, 0.6) is 0 Å². The van der Waals surface area contributed by atoms with Gasteiger partial charge < -0.3 is 21.7 Å². The van der Waals surface area contributed by atoms with Crippen LogP contribution in [0, 0.1) is 0 Å². The largest absolute Gasteiger partial charge is 0.399 e. The summed E-state index contributed by atoms with van der Waals surface area (Å²) in [6.45, 7) is 9.22. The van der Waals surface area contributed by atoms with Gasteiger partial charge in [0.25, 0.3) is 0 Å². The molecule has 34 heavy (non-hydrogen) atoms. The highest BCUT2D eigenvalue weighted by Crippen LogP contribution is 2.18. The summed E-state index contributed by atoms with van der Waals surface area (Å²) >= 11 is 0. The maximum Gasteiger partial charge on any atom is 0.233 e. The van der Waals surface area contributed by atoms with Gasteiger partial charge in [0.1, 0.15) is 0 Å². The first-order valence-electron chi connectivity index (χ1n) is 11.7. The van der Waals surface area contributed by atoms with Crippen LogP contribution in [0.2, 0.25) is 0 Å². The van der Waals surface area contributed by atoms with Crippen LogP contribution < -0.4 is 21.7 Å². The molecule has 5 N–H and O–H groups in total. The van der Waals surface area contributed by atoms with Gasteiger partial charge in [-0.3, -0.25) is 0 Å². The fourth-order valence-corrected chi connectivity index (χ4v) is 2.89. The van der Waals surface area contributed by atoms with E-state index < -0.39 is 0 Å². The molecule has 0 saturated carbocycles. The summed E-state index contributed by atoms with van der Waals surface area (Å²) in [5, 5.41) is 9.74. The van der Waals surface area contributed by atoms with Gasteiger partial charge in [0.15, 0.2) is 0 Å². The van der Waals surface area contributed by atoms with E-state index in [0.717, 1.165) is 16.8 Å². The van der Waals surface area contributed by atoms with Gasteiger partial charge >= 0.3 is 0 Å². The molecule has 1 heterocycles. The first kappa shape index (κ1) is 26.1. The Morgan fingerprint density at radius 1 is 0.588 bits per heavy atom. The average molecular weight is 458 g/mol. The highest BCUT2D eigenvalue weighted by Gasteiger charge is 2.08. The van der Waals surface area contributed by atoms with Crippen LogP contribution in [0.4, 0.5) is 29.2 Å². The van der Waals surface area contributed by atoms with Crippen molar-refractivity contribution in [2.24, 2.45) is 0 Å². The molecule has 178 valence electrons. The zero-order chi connectivity index (χ0) is 24.6. The van der Waals surface area contributed by atoms with Crippen LogP contribution in [-0.4, -0.2) is 15.0 Å². The predicted molar refractivity (Wildman–Crippen MR) is 144 cm³/mol. The fourth-order valence-electron chi connectivity index (χ4n) is 2.89. The lowest BCUT2D eigenvalue weighted by Gasteiger charge is -2.12. The number of nitrogens with zero attached hydrogens (tertiary/aromatic N) is 3. The maximum absolute atomic E-state index is 5.88. The molecule has 1 aromatic heterocycles. The van der Waals surface area contributed by atoms with Crippen LogP contribution in [-0.2, 0) is 13.1 Å². The van der Waals surface area contributed by atoms with Crippen LogP contribution in [0.25, 0.3) is 0 Å². The number of nitrogens with one attached hydrogen (secondary N) is 3. The second kappa shape index (κ2) is 14.8. The van der Waals surface area contributed by atoms with E-state index in [0.29, 0.717) is 36.6 Å². The average Bonchev–Trinajstić information content (AvgIpc) is 2.90. The second-order valence-corrected chi connectivity index (χ2v) is 6.73. The molecule has 0 spiro atoms. The van der Waals surface area contributed by atoms with Crippen LogP contribution >= 0.6 is 0 Å². The van der Waals surface area contributed by atoms with E-state index in [2.05, 4.69) is 55.2 Å². The molecule has 0 unspecified atom stereocenters. The van der Waals surface area contributed by atoms with E-state index in [1.807, 2.05) is 88.4 Å². The van der Waals surface area contributed by atoms with Crippen molar-refractivity contribution >= 4 is 29.2 Å². The Bertz CT molecular complexity index is 1020. The molecule has 7 nitrogen and oxygen atoms in total. The summed E-state index contributed by atoms with van der Waals surface area (Å²) < 4.78 is 0. The monoisotopic (exact) mass is 457 g/mol. The highest BCUT2D eigenvalue weighted by molar-refractivity contribution is 5.60. The van der Waals surface area contributed by atoms with Gasteiger partial charge in [-0.25, -0.2) is 0 Å². The first-order valence-corrected chi connectivity index (χ1v) is 11.7. The summed E-state index contributed by atoms with van der Waals surface area (Å²) in [4.78, 5) is 13.5. The zero-order valence-electron chi connectivity index (χ0n) is 20.4. The van der Waals surface area contributed by atoms with Gasteiger partial charge in [0.2, 0.25) is 17.8 Å². The standard InChI is InChI=1S/C23H23N7.2C2H6/c24-19-12-7-13-20(14-19)27-23-29-21(25-15-17-8-3-1-4-9-17)28-22(30-23)26-16-18-10-5-2-6-11-18;2*1-2/h1-14H,15-16,24H2,(H3,25,26,27,28,29,30);2*1-2H3. The van der Waals surface area contributed by atoms with Gasteiger partial charge in [-0.1, -0.05) is 94.4 Å². The normalized spacial score (nSPS) is 9.53. The summed E-state index contributed by atoms with van der Waals surface area (Å²) in [7, 11) is 0. The molecule has 0 aliphatic heterocycles. The minimum atomic E-state index is 0.432.